The first-order valence-electron chi connectivity index (χ1n) is 32.6. The maximum Gasteiger partial charge on any atom is 0.252 e. The molecule has 0 N–H and O–H groups in total. The second-order valence-electron chi connectivity index (χ2n) is 31.9. The third-order valence-corrected chi connectivity index (χ3v) is 22.1. The van der Waals surface area contributed by atoms with Gasteiger partial charge in [0.1, 0.15) is 0 Å². The van der Waals surface area contributed by atoms with Crippen LogP contribution in [0.2, 0.25) is 0 Å². The normalized spacial score (nSPS) is 18.1. The maximum absolute atomic E-state index is 2.92. The van der Waals surface area contributed by atoms with Gasteiger partial charge in [-0.05, 0) is 194 Å². The summed E-state index contributed by atoms with van der Waals surface area (Å²) in [7, 11) is 0. The van der Waals surface area contributed by atoms with Crippen molar-refractivity contribution in [2.75, 3.05) is 19.6 Å². The third-order valence-electron chi connectivity index (χ3n) is 21.0. The molecular weight excluding hydrogens is 1080 g/mol. The summed E-state index contributed by atoms with van der Waals surface area (Å²) in [5.74, 6) is 0. The molecule has 10 aromatic rings. The standard InChI is InChI=1S/C82H89BN4S/c1-76(2,3)52-24-32-57(33-25-52)84(58-34-26-53(27-35-58)77(4,5)6)62-40-42-67-69(49-62)86(61-41-43-73-65(48-61)64-22-18-19-23-72(64)88-73)70-50-63(85(59-36-28-54(29-37-59)78(7,8)9)60-38-30-55(31-39-60)79(10,11)12)51-71-74(70)83(67)68-47-56(80(13,14)15)46-66-75(68)87(71)82(17)45-21-20-44-81(66,82)16/h18-19,22-43,46-51H,20-21,44-45H2,1-17H3. The lowest BCUT2D eigenvalue weighted by atomic mass is 9.33. The predicted octanol–water partition coefficient (Wildman–Crippen LogP) is 21.8. The zero-order valence-electron chi connectivity index (χ0n) is 55.4. The molecular formula is C82H89BN4S. The van der Waals surface area contributed by atoms with Crippen molar-refractivity contribution in [3.05, 3.63) is 215 Å². The van der Waals surface area contributed by atoms with Crippen molar-refractivity contribution < 1.29 is 0 Å². The Morgan fingerprint density at radius 2 is 0.852 bits per heavy atom. The van der Waals surface area contributed by atoms with E-state index in [1.54, 1.807) is 0 Å². The number of rotatable bonds is 7. The largest absolute Gasteiger partial charge is 0.335 e. The van der Waals surface area contributed by atoms with Gasteiger partial charge >= 0.3 is 0 Å². The topological polar surface area (TPSA) is 13.0 Å². The van der Waals surface area contributed by atoms with Crippen molar-refractivity contribution in [2.24, 2.45) is 0 Å². The van der Waals surface area contributed by atoms with E-state index >= 15 is 0 Å². The summed E-state index contributed by atoms with van der Waals surface area (Å²) in [6, 6.07) is 72.0. The first-order chi connectivity index (χ1) is 41.5. The van der Waals surface area contributed by atoms with Gasteiger partial charge in [0, 0.05) is 82.5 Å². The predicted molar refractivity (Wildman–Crippen MR) is 384 cm³/mol. The molecule has 1 aromatic heterocycles. The average molecular weight is 1170 g/mol. The molecule has 4 nitrogen and oxygen atoms in total. The van der Waals surface area contributed by atoms with Crippen molar-refractivity contribution in [2.45, 2.75) is 181 Å². The van der Waals surface area contributed by atoms with Crippen LogP contribution < -0.4 is 36.0 Å². The number of benzene rings is 9. The second-order valence-corrected chi connectivity index (χ2v) is 33.0. The molecule has 0 spiro atoms. The zero-order valence-corrected chi connectivity index (χ0v) is 56.2. The molecule has 446 valence electrons. The van der Waals surface area contributed by atoms with E-state index in [9.17, 15) is 0 Å². The Hall–Kier alpha value is -7.54. The van der Waals surface area contributed by atoms with Gasteiger partial charge in [-0.2, -0.15) is 0 Å². The number of fused-ring (bicyclic) bond motifs is 10. The van der Waals surface area contributed by atoms with Gasteiger partial charge in [-0.1, -0.05) is 209 Å². The summed E-state index contributed by atoms with van der Waals surface area (Å²) in [4.78, 5) is 10.7. The van der Waals surface area contributed by atoms with E-state index in [1.165, 1.54) is 106 Å². The summed E-state index contributed by atoms with van der Waals surface area (Å²) in [5.41, 5.74) is 25.2. The zero-order chi connectivity index (χ0) is 62.0. The molecule has 0 bridgehead atoms. The van der Waals surface area contributed by atoms with Crippen LogP contribution in [0.5, 0.6) is 0 Å². The minimum atomic E-state index is -0.182. The molecule has 0 radical (unpaired) electrons. The minimum Gasteiger partial charge on any atom is -0.335 e. The molecule has 4 heterocycles. The van der Waals surface area contributed by atoms with Gasteiger partial charge < -0.3 is 19.6 Å². The van der Waals surface area contributed by atoms with Crippen molar-refractivity contribution >= 4 is 117 Å². The van der Waals surface area contributed by atoms with Gasteiger partial charge in [-0.15, -0.1) is 11.3 Å². The van der Waals surface area contributed by atoms with Gasteiger partial charge in [0.2, 0.25) is 0 Å². The Morgan fingerprint density at radius 1 is 0.398 bits per heavy atom. The molecule has 4 aliphatic rings. The molecule has 3 aliphatic heterocycles. The summed E-state index contributed by atoms with van der Waals surface area (Å²) >= 11 is 1.89. The third kappa shape index (κ3) is 9.26. The Morgan fingerprint density at radius 3 is 1.38 bits per heavy atom. The van der Waals surface area contributed by atoms with Gasteiger partial charge in [-0.3, -0.25) is 0 Å². The lowest BCUT2D eigenvalue weighted by molar-refractivity contribution is 0.195. The van der Waals surface area contributed by atoms with E-state index in [-0.39, 0.29) is 44.7 Å². The highest BCUT2D eigenvalue weighted by Gasteiger charge is 2.62. The molecule has 6 heteroatoms. The Bertz CT molecular complexity index is 4270. The number of thiophene rings is 1. The lowest BCUT2D eigenvalue weighted by Gasteiger charge is -2.53. The highest BCUT2D eigenvalue weighted by molar-refractivity contribution is 7.25. The van der Waals surface area contributed by atoms with Gasteiger partial charge in [0.25, 0.3) is 6.71 Å². The average Bonchev–Trinajstić information content (AvgIpc) is 1.63. The number of nitrogens with zero attached hydrogens (tertiary/aromatic N) is 4. The lowest BCUT2D eigenvalue weighted by Crippen LogP contribution is -2.64. The maximum atomic E-state index is 2.92. The Balaban J connectivity index is 1.11. The van der Waals surface area contributed by atoms with Crippen LogP contribution in [-0.4, -0.2) is 12.3 Å². The van der Waals surface area contributed by atoms with Crippen LogP contribution in [0.4, 0.5) is 62.6 Å². The minimum absolute atomic E-state index is 0.00147. The highest BCUT2D eigenvalue weighted by atomic mass is 32.1. The fourth-order valence-electron chi connectivity index (χ4n) is 15.5. The van der Waals surface area contributed by atoms with E-state index in [4.69, 9.17) is 0 Å². The molecule has 1 fully saturated rings. The van der Waals surface area contributed by atoms with E-state index < -0.39 is 0 Å². The van der Waals surface area contributed by atoms with Gasteiger partial charge in [0.05, 0.1) is 11.2 Å². The van der Waals surface area contributed by atoms with Crippen molar-refractivity contribution in [3.63, 3.8) is 0 Å². The van der Waals surface area contributed by atoms with Gasteiger partial charge in [0.15, 0.2) is 0 Å². The van der Waals surface area contributed by atoms with Gasteiger partial charge in [-0.25, -0.2) is 0 Å². The number of hydrogen-bond acceptors (Lipinski definition) is 5. The molecule has 2 atom stereocenters. The van der Waals surface area contributed by atoms with Crippen LogP contribution in [0.15, 0.2) is 182 Å². The first kappa shape index (κ1) is 58.2. The van der Waals surface area contributed by atoms with Crippen LogP contribution in [0.3, 0.4) is 0 Å². The van der Waals surface area contributed by atoms with Crippen molar-refractivity contribution in [1.29, 1.82) is 0 Å². The monoisotopic (exact) mass is 1170 g/mol. The summed E-state index contributed by atoms with van der Waals surface area (Å²) in [6.45, 7) is 40.3. The molecule has 1 aliphatic carbocycles. The van der Waals surface area contributed by atoms with E-state index in [1.807, 2.05) is 11.3 Å². The Labute approximate surface area is 530 Å². The van der Waals surface area contributed by atoms with Crippen LogP contribution in [0.1, 0.15) is 177 Å². The molecule has 2 unspecified atom stereocenters. The van der Waals surface area contributed by atoms with Crippen LogP contribution >= 0.6 is 11.3 Å². The van der Waals surface area contributed by atoms with Crippen LogP contribution in [0, 0.1) is 0 Å². The molecule has 9 aromatic carbocycles. The number of anilines is 11. The summed E-state index contributed by atoms with van der Waals surface area (Å²) in [6.07, 6.45) is 4.71. The smallest absolute Gasteiger partial charge is 0.252 e. The highest BCUT2D eigenvalue weighted by Crippen LogP contribution is 2.63. The molecule has 14 rings (SSSR count). The second kappa shape index (κ2) is 20.0. The fourth-order valence-corrected chi connectivity index (χ4v) is 16.6. The summed E-state index contributed by atoms with van der Waals surface area (Å²) in [5, 5.41) is 2.59. The molecule has 88 heavy (non-hydrogen) atoms. The quantitative estimate of drug-likeness (QED) is 0.147. The number of hydrogen-bond donors (Lipinski definition) is 0. The fraction of sp³-hybridized carbons (Fsp3) is 0.341. The van der Waals surface area contributed by atoms with Crippen LogP contribution in [-0.2, 0) is 32.5 Å². The SMILES string of the molecule is CC(C)(C)c1ccc(N(c2ccc(C(C)(C)C)cc2)c2ccc3c(c2)N(c2ccc4sc5ccccc5c4c2)c2cc(N(c4ccc(C(C)(C)C)cc4)c4ccc(C(C)(C)C)cc4)cc4c2B3c2cc(C(C)(C)C)cc3c2N4C2(C)CCCCC32C)cc1. The van der Waals surface area contributed by atoms with E-state index in [0.717, 1.165) is 52.7 Å². The summed E-state index contributed by atoms with van der Waals surface area (Å²) < 4.78 is 2.61. The molecule has 1 saturated carbocycles. The van der Waals surface area contributed by atoms with Crippen molar-refractivity contribution in [3.8, 4) is 0 Å². The van der Waals surface area contributed by atoms with Crippen molar-refractivity contribution in [1.82, 2.24) is 0 Å². The first-order valence-corrected chi connectivity index (χ1v) is 33.4. The molecule has 0 saturated heterocycles. The van der Waals surface area contributed by atoms with Crippen LogP contribution in [0.25, 0.3) is 20.2 Å². The van der Waals surface area contributed by atoms with E-state index in [0.29, 0.717) is 0 Å². The van der Waals surface area contributed by atoms with E-state index in [2.05, 4.69) is 319 Å². The molecule has 0 amide bonds. The Kier molecular flexibility index (Phi) is 13.2.